The molecule has 0 bridgehead atoms. The van der Waals surface area contributed by atoms with Crippen LogP contribution < -0.4 is 9.47 Å². The van der Waals surface area contributed by atoms with Crippen molar-refractivity contribution in [3.05, 3.63) is 53.8 Å². The van der Waals surface area contributed by atoms with E-state index in [-0.39, 0.29) is 29.7 Å². The monoisotopic (exact) mass is 276 g/mol. The second-order valence-corrected chi connectivity index (χ2v) is 4.05. The van der Waals surface area contributed by atoms with Gasteiger partial charge < -0.3 is 14.6 Å². The molecular weight excluding hydrogens is 263 g/mol. The molecule has 104 valence electrons. The number of ketones is 1. The lowest BCUT2D eigenvalue weighted by Gasteiger charge is -2.07. The van der Waals surface area contributed by atoms with Gasteiger partial charge >= 0.3 is 0 Å². The van der Waals surface area contributed by atoms with E-state index in [0.717, 1.165) is 0 Å². The minimum atomic E-state index is -0.369. The van der Waals surface area contributed by atoms with Crippen LogP contribution >= 0.6 is 0 Å². The summed E-state index contributed by atoms with van der Waals surface area (Å²) >= 11 is 0. The van der Waals surface area contributed by atoms with Crippen molar-refractivity contribution in [3.63, 3.8) is 0 Å². The smallest absolute Gasteiger partial charge is 0.200 e. The second-order valence-electron chi connectivity index (χ2n) is 4.05. The first-order valence-electron chi connectivity index (χ1n) is 5.88. The van der Waals surface area contributed by atoms with E-state index in [0.29, 0.717) is 11.3 Å². The third-order valence-corrected chi connectivity index (χ3v) is 2.69. The summed E-state index contributed by atoms with van der Waals surface area (Å²) in [4.78, 5) is 11.9. The van der Waals surface area contributed by atoms with Crippen molar-refractivity contribution >= 4 is 5.78 Å². The molecule has 0 saturated carbocycles. The van der Waals surface area contributed by atoms with Gasteiger partial charge in [-0.05, 0) is 42.5 Å². The Morgan fingerprint density at radius 1 is 1.20 bits per heavy atom. The van der Waals surface area contributed by atoms with E-state index >= 15 is 0 Å². The summed E-state index contributed by atoms with van der Waals surface area (Å²) in [5.74, 6) is -0.0498. The van der Waals surface area contributed by atoms with Crippen molar-refractivity contribution in [2.45, 2.75) is 0 Å². The van der Waals surface area contributed by atoms with Gasteiger partial charge in [-0.25, -0.2) is 4.39 Å². The lowest BCUT2D eigenvalue weighted by atomic mass is 10.1. The maximum absolute atomic E-state index is 12.7. The maximum atomic E-state index is 12.7. The number of methoxy groups -OCH3 is 1. The largest absolute Gasteiger partial charge is 0.504 e. The van der Waals surface area contributed by atoms with Gasteiger partial charge in [0.25, 0.3) is 0 Å². The molecule has 1 N–H and O–H groups in total. The Morgan fingerprint density at radius 2 is 1.90 bits per heavy atom. The SMILES string of the molecule is COc1cc(C(=O)COc2ccc(F)cc2)ccc1O. The highest BCUT2D eigenvalue weighted by molar-refractivity contribution is 5.97. The van der Waals surface area contributed by atoms with Crippen LogP contribution in [-0.2, 0) is 0 Å². The summed E-state index contributed by atoms with van der Waals surface area (Å²) in [5.41, 5.74) is 0.363. The van der Waals surface area contributed by atoms with Crippen LogP contribution in [0.15, 0.2) is 42.5 Å². The highest BCUT2D eigenvalue weighted by Crippen LogP contribution is 2.26. The summed E-state index contributed by atoms with van der Waals surface area (Å²) in [6.45, 7) is -0.181. The van der Waals surface area contributed by atoms with Gasteiger partial charge in [-0.1, -0.05) is 0 Å². The topological polar surface area (TPSA) is 55.8 Å². The van der Waals surface area contributed by atoms with E-state index < -0.39 is 0 Å². The average molecular weight is 276 g/mol. The zero-order valence-corrected chi connectivity index (χ0v) is 10.8. The molecule has 2 aromatic carbocycles. The summed E-state index contributed by atoms with van der Waals surface area (Å²) in [5, 5.41) is 9.45. The second kappa shape index (κ2) is 6.06. The number of aromatic hydroxyl groups is 1. The molecule has 2 aromatic rings. The molecule has 0 aliphatic rings. The molecule has 20 heavy (non-hydrogen) atoms. The van der Waals surface area contributed by atoms with Crippen molar-refractivity contribution in [2.24, 2.45) is 0 Å². The first kappa shape index (κ1) is 13.9. The predicted octanol–water partition coefficient (Wildman–Crippen LogP) is 2.80. The van der Waals surface area contributed by atoms with Crippen molar-refractivity contribution < 1.29 is 23.8 Å². The molecule has 2 rings (SSSR count). The Bertz CT molecular complexity index is 608. The fourth-order valence-corrected chi connectivity index (χ4v) is 1.61. The van der Waals surface area contributed by atoms with Gasteiger partial charge in [-0.2, -0.15) is 0 Å². The summed E-state index contributed by atoms with van der Waals surface area (Å²) in [7, 11) is 1.40. The molecule has 0 fully saturated rings. The van der Waals surface area contributed by atoms with Gasteiger partial charge in [0, 0.05) is 5.56 Å². The Balaban J connectivity index is 2.03. The molecular formula is C15H13FO4. The van der Waals surface area contributed by atoms with Crippen LogP contribution in [-0.4, -0.2) is 24.6 Å². The van der Waals surface area contributed by atoms with E-state index in [9.17, 15) is 14.3 Å². The normalized spacial score (nSPS) is 10.1. The Kier molecular flexibility index (Phi) is 4.20. The lowest BCUT2D eigenvalue weighted by molar-refractivity contribution is 0.0921. The van der Waals surface area contributed by atoms with Crippen molar-refractivity contribution in [1.82, 2.24) is 0 Å². The van der Waals surface area contributed by atoms with Crippen LogP contribution in [0, 0.1) is 5.82 Å². The first-order valence-corrected chi connectivity index (χ1v) is 5.88. The van der Waals surface area contributed by atoms with E-state index in [2.05, 4.69) is 0 Å². The first-order chi connectivity index (χ1) is 9.60. The number of Topliss-reactive ketones (excluding diaryl/α,β-unsaturated/α-hetero) is 1. The molecule has 0 spiro atoms. The fraction of sp³-hybridized carbons (Fsp3) is 0.133. The summed E-state index contributed by atoms with van der Waals surface area (Å²) in [6, 6.07) is 9.69. The quantitative estimate of drug-likeness (QED) is 0.853. The number of phenols is 1. The van der Waals surface area contributed by atoms with Gasteiger partial charge in [-0.15, -0.1) is 0 Å². The number of ether oxygens (including phenoxy) is 2. The molecule has 0 saturated heterocycles. The van der Waals surface area contributed by atoms with Crippen molar-refractivity contribution in [2.75, 3.05) is 13.7 Å². The van der Waals surface area contributed by atoms with Crippen LogP contribution in [0.3, 0.4) is 0 Å². The van der Waals surface area contributed by atoms with Crippen molar-refractivity contribution in [3.8, 4) is 17.2 Å². The van der Waals surface area contributed by atoms with Crippen LogP contribution in [0.4, 0.5) is 4.39 Å². The van der Waals surface area contributed by atoms with Gasteiger partial charge in [-0.3, -0.25) is 4.79 Å². The Hall–Kier alpha value is -2.56. The van der Waals surface area contributed by atoms with E-state index in [4.69, 9.17) is 9.47 Å². The number of hydrogen-bond acceptors (Lipinski definition) is 4. The Labute approximate surface area is 115 Å². The maximum Gasteiger partial charge on any atom is 0.200 e. The Morgan fingerprint density at radius 3 is 2.55 bits per heavy atom. The molecule has 0 aliphatic carbocycles. The fourth-order valence-electron chi connectivity index (χ4n) is 1.61. The molecule has 0 aromatic heterocycles. The van der Waals surface area contributed by atoms with E-state index in [1.165, 1.54) is 49.6 Å². The molecule has 0 unspecified atom stereocenters. The number of phenolic OH excluding ortho intramolecular Hbond substituents is 1. The number of halogens is 1. The average Bonchev–Trinajstić information content (AvgIpc) is 2.47. The van der Waals surface area contributed by atoms with Gasteiger partial charge in [0.1, 0.15) is 11.6 Å². The van der Waals surface area contributed by atoms with Gasteiger partial charge in [0.2, 0.25) is 0 Å². The van der Waals surface area contributed by atoms with Crippen LogP contribution in [0.1, 0.15) is 10.4 Å². The number of hydrogen-bond donors (Lipinski definition) is 1. The number of carbonyl (C=O) groups excluding carboxylic acids is 1. The van der Waals surface area contributed by atoms with Crippen LogP contribution in [0.25, 0.3) is 0 Å². The van der Waals surface area contributed by atoms with E-state index in [1.807, 2.05) is 0 Å². The molecule has 0 aliphatic heterocycles. The molecule has 5 heteroatoms. The number of carbonyl (C=O) groups is 1. The molecule has 4 nitrogen and oxygen atoms in total. The zero-order valence-electron chi connectivity index (χ0n) is 10.8. The molecule has 0 amide bonds. The summed E-state index contributed by atoms with van der Waals surface area (Å²) < 4.78 is 22.9. The molecule has 0 radical (unpaired) electrons. The molecule has 0 heterocycles. The van der Waals surface area contributed by atoms with Gasteiger partial charge in [0.05, 0.1) is 7.11 Å². The zero-order chi connectivity index (χ0) is 14.5. The standard InChI is InChI=1S/C15H13FO4/c1-19-15-8-10(2-7-13(15)17)14(18)9-20-12-5-3-11(16)4-6-12/h2-8,17H,9H2,1H3. The third kappa shape index (κ3) is 3.26. The minimum absolute atomic E-state index is 0.0384. The lowest BCUT2D eigenvalue weighted by Crippen LogP contribution is -2.11. The summed E-state index contributed by atoms with van der Waals surface area (Å²) in [6.07, 6.45) is 0. The predicted molar refractivity (Wildman–Crippen MR) is 70.9 cm³/mol. The van der Waals surface area contributed by atoms with Crippen molar-refractivity contribution in [1.29, 1.82) is 0 Å². The van der Waals surface area contributed by atoms with Gasteiger partial charge in [0.15, 0.2) is 23.9 Å². The number of benzene rings is 2. The van der Waals surface area contributed by atoms with E-state index in [1.54, 1.807) is 0 Å². The minimum Gasteiger partial charge on any atom is -0.504 e. The number of rotatable bonds is 5. The third-order valence-electron chi connectivity index (χ3n) is 2.69. The molecule has 0 atom stereocenters. The highest BCUT2D eigenvalue weighted by Gasteiger charge is 2.10. The van der Waals surface area contributed by atoms with Crippen LogP contribution in [0.5, 0.6) is 17.2 Å². The highest BCUT2D eigenvalue weighted by atomic mass is 19.1. The van der Waals surface area contributed by atoms with Crippen LogP contribution in [0.2, 0.25) is 0 Å².